The van der Waals surface area contributed by atoms with Gasteiger partial charge in [0.2, 0.25) is 10.0 Å². The van der Waals surface area contributed by atoms with Gasteiger partial charge in [-0.05, 0) is 37.1 Å². The van der Waals surface area contributed by atoms with Gasteiger partial charge in [-0.3, -0.25) is 0 Å². The molecule has 0 aromatic heterocycles. The van der Waals surface area contributed by atoms with E-state index in [1.54, 1.807) is 13.8 Å². The van der Waals surface area contributed by atoms with Gasteiger partial charge < -0.3 is 5.73 Å². The minimum absolute atomic E-state index is 0.115. The fourth-order valence-corrected chi connectivity index (χ4v) is 3.49. The highest BCUT2D eigenvalue weighted by Gasteiger charge is 2.20. The monoisotopic (exact) mass is 324 g/mol. The highest BCUT2D eigenvalue weighted by atomic mass is 35.5. The zero-order chi connectivity index (χ0) is 15.6. The summed E-state index contributed by atoms with van der Waals surface area (Å²) >= 11 is 5.96. The van der Waals surface area contributed by atoms with E-state index >= 15 is 0 Å². The lowest BCUT2D eigenvalue weighted by Crippen LogP contribution is -2.27. The normalized spacial score (nSPS) is 13.1. The molecule has 1 atom stereocenters. The molecule has 0 aliphatic carbocycles. The Balaban J connectivity index is 2.31. The van der Waals surface area contributed by atoms with Crippen molar-refractivity contribution in [3.63, 3.8) is 0 Å². The van der Waals surface area contributed by atoms with E-state index in [0.29, 0.717) is 10.6 Å². The lowest BCUT2D eigenvalue weighted by Gasteiger charge is -2.15. The predicted molar refractivity (Wildman–Crippen MR) is 85.8 cm³/mol. The standard InChI is InChI=1S/C15H17ClN2O2S/c1-10-8-13(9-14(17)15(10)16)21(19,20)18-11(2)12-6-4-3-5-7-12/h3-9,11,18H,17H2,1-2H3. The second-order valence-corrected chi connectivity index (χ2v) is 6.99. The van der Waals surface area contributed by atoms with Gasteiger partial charge >= 0.3 is 0 Å². The maximum atomic E-state index is 12.4. The van der Waals surface area contributed by atoms with Crippen LogP contribution in [0.25, 0.3) is 0 Å². The van der Waals surface area contributed by atoms with E-state index in [-0.39, 0.29) is 16.6 Å². The molecule has 0 fully saturated rings. The van der Waals surface area contributed by atoms with E-state index in [1.165, 1.54) is 12.1 Å². The van der Waals surface area contributed by atoms with Crippen LogP contribution in [-0.2, 0) is 10.0 Å². The lowest BCUT2D eigenvalue weighted by molar-refractivity contribution is 0.567. The van der Waals surface area contributed by atoms with Crippen LogP contribution in [0, 0.1) is 6.92 Å². The highest BCUT2D eigenvalue weighted by Crippen LogP contribution is 2.27. The molecule has 2 aromatic carbocycles. The smallest absolute Gasteiger partial charge is 0.241 e. The van der Waals surface area contributed by atoms with Gasteiger partial charge in [0.1, 0.15) is 0 Å². The number of sulfonamides is 1. The third-order valence-electron chi connectivity index (χ3n) is 3.20. The summed E-state index contributed by atoms with van der Waals surface area (Å²) in [5.41, 5.74) is 7.51. The Kier molecular flexibility index (Phi) is 4.56. The zero-order valence-electron chi connectivity index (χ0n) is 11.8. The number of halogens is 1. The van der Waals surface area contributed by atoms with Crippen LogP contribution in [0.3, 0.4) is 0 Å². The molecule has 0 aliphatic heterocycles. The minimum atomic E-state index is -3.66. The van der Waals surface area contributed by atoms with Crippen molar-refractivity contribution in [3.8, 4) is 0 Å². The molecule has 0 spiro atoms. The maximum Gasteiger partial charge on any atom is 0.241 e. The predicted octanol–water partition coefficient (Wildman–Crippen LogP) is 3.27. The summed E-state index contributed by atoms with van der Waals surface area (Å²) in [6.07, 6.45) is 0. The quantitative estimate of drug-likeness (QED) is 0.848. The van der Waals surface area contributed by atoms with Gasteiger partial charge in [0.05, 0.1) is 15.6 Å². The van der Waals surface area contributed by atoms with Crippen LogP contribution in [0.1, 0.15) is 24.1 Å². The first kappa shape index (κ1) is 15.8. The Morgan fingerprint density at radius 3 is 2.38 bits per heavy atom. The second-order valence-electron chi connectivity index (χ2n) is 4.90. The van der Waals surface area contributed by atoms with Crippen molar-refractivity contribution >= 4 is 27.3 Å². The molecule has 6 heteroatoms. The molecule has 0 radical (unpaired) electrons. The summed E-state index contributed by atoms with van der Waals surface area (Å²) in [4.78, 5) is 0.115. The number of anilines is 1. The number of benzene rings is 2. The molecular formula is C15H17ClN2O2S. The van der Waals surface area contributed by atoms with Crippen LogP contribution in [0.2, 0.25) is 5.02 Å². The van der Waals surface area contributed by atoms with E-state index in [1.807, 2.05) is 30.3 Å². The molecule has 0 saturated carbocycles. The Bertz CT molecular complexity index is 723. The molecule has 0 bridgehead atoms. The molecule has 4 nitrogen and oxygen atoms in total. The van der Waals surface area contributed by atoms with Crippen molar-refractivity contribution in [1.82, 2.24) is 4.72 Å². The third kappa shape index (κ3) is 3.56. The van der Waals surface area contributed by atoms with Crippen LogP contribution in [0.4, 0.5) is 5.69 Å². The number of hydrogen-bond acceptors (Lipinski definition) is 3. The Morgan fingerprint density at radius 1 is 1.19 bits per heavy atom. The molecule has 0 saturated heterocycles. The van der Waals surface area contributed by atoms with Crippen LogP contribution >= 0.6 is 11.6 Å². The molecule has 112 valence electrons. The molecule has 2 aromatic rings. The molecule has 1 unspecified atom stereocenters. The fourth-order valence-electron chi connectivity index (χ4n) is 2.03. The summed E-state index contributed by atoms with van der Waals surface area (Å²) in [7, 11) is -3.66. The van der Waals surface area contributed by atoms with E-state index in [4.69, 9.17) is 17.3 Å². The van der Waals surface area contributed by atoms with E-state index < -0.39 is 10.0 Å². The van der Waals surface area contributed by atoms with Gasteiger partial charge in [0.15, 0.2) is 0 Å². The summed E-state index contributed by atoms with van der Waals surface area (Å²) in [6, 6.07) is 11.9. The van der Waals surface area contributed by atoms with Gasteiger partial charge in [-0.25, -0.2) is 13.1 Å². The van der Waals surface area contributed by atoms with E-state index in [0.717, 1.165) is 5.56 Å². The summed E-state index contributed by atoms with van der Waals surface area (Å²) < 4.78 is 27.5. The first-order valence-corrected chi connectivity index (χ1v) is 8.30. The topological polar surface area (TPSA) is 72.2 Å². The lowest BCUT2D eigenvalue weighted by atomic mass is 10.1. The number of nitrogens with two attached hydrogens (primary N) is 1. The SMILES string of the molecule is Cc1cc(S(=O)(=O)NC(C)c2ccccc2)cc(N)c1Cl. The molecule has 3 N–H and O–H groups in total. The van der Waals surface area contributed by atoms with Crippen molar-refractivity contribution < 1.29 is 8.42 Å². The van der Waals surface area contributed by atoms with Crippen molar-refractivity contribution in [2.24, 2.45) is 0 Å². The van der Waals surface area contributed by atoms with Crippen molar-refractivity contribution in [2.45, 2.75) is 24.8 Å². The third-order valence-corrected chi connectivity index (χ3v) is 5.23. The molecule has 0 aliphatic rings. The Hall–Kier alpha value is -1.56. The first-order chi connectivity index (χ1) is 9.81. The van der Waals surface area contributed by atoms with Crippen molar-refractivity contribution in [1.29, 1.82) is 0 Å². The Morgan fingerprint density at radius 2 is 1.81 bits per heavy atom. The van der Waals surface area contributed by atoms with Gasteiger partial charge in [-0.15, -0.1) is 0 Å². The van der Waals surface area contributed by atoms with Crippen molar-refractivity contribution in [2.75, 3.05) is 5.73 Å². The average molecular weight is 325 g/mol. The second kappa shape index (κ2) is 6.05. The van der Waals surface area contributed by atoms with E-state index in [9.17, 15) is 8.42 Å². The molecule has 21 heavy (non-hydrogen) atoms. The number of nitrogens with one attached hydrogen (secondary N) is 1. The summed E-state index contributed by atoms with van der Waals surface area (Å²) in [5.74, 6) is 0. The average Bonchev–Trinajstić information content (AvgIpc) is 2.44. The Labute approximate surface area is 130 Å². The van der Waals surface area contributed by atoms with Gasteiger partial charge in [-0.2, -0.15) is 0 Å². The fraction of sp³-hybridized carbons (Fsp3) is 0.200. The van der Waals surface area contributed by atoms with Gasteiger partial charge in [-0.1, -0.05) is 41.9 Å². The van der Waals surface area contributed by atoms with Gasteiger partial charge in [0, 0.05) is 6.04 Å². The maximum absolute atomic E-state index is 12.4. The van der Waals surface area contributed by atoms with Crippen molar-refractivity contribution in [3.05, 3.63) is 58.6 Å². The van der Waals surface area contributed by atoms with Crippen LogP contribution < -0.4 is 10.5 Å². The largest absolute Gasteiger partial charge is 0.397 e. The molecule has 0 amide bonds. The zero-order valence-corrected chi connectivity index (χ0v) is 13.4. The number of rotatable bonds is 4. The highest BCUT2D eigenvalue weighted by molar-refractivity contribution is 7.89. The van der Waals surface area contributed by atoms with Gasteiger partial charge in [0.25, 0.3) is 0 Å². The number of aryl methyl sites for hydroxylation is 1. The summed E-state index contributed by atoms with van der Waals surface area (Å²) in [6.45, 7) is 3.51. The van der Waals surface area contributed by atoms with Crippen LogP contribution in [0.5, 0.6) is 0 Å². The van der Waals surface area contributed by atoms with Crippen LogP contribution in [0.15, 0.2) is 47.4 Å². The summed E-state index contributed by atoms with van der Waals surface area (Å²) in [5, 5.41) is 0.380. The number of hydrogen-bond donors (Lipinski definition) is 2. The molecule has 0 heterocycles. The number of nitrogen functional groups attached to an aromatic ring is 1. The molecule has 2 rings (SSSR count). The van der Waals surface area contributed by atoms with Crippen LogP contribution in [-0.4, -0.2) is 8.42 Å². The first-order valence-electron chi connectivity index (χ1n) is 6.44. The van der Waals surface area contributed by atoms with E-state index in [2.05, 4.69) is 4.72 Å². The minimum Gasteiger partial charge on any atom is -0.397 e. The molecular weight excluding hydrogens is 308 g/mol.